The zero-order valence-electron chi connectivity index (χ0n) is 14.7. The summed E-state index contributed by atoms with van der Waals surface area (Å²) in [6.07, 6.45) is 4.04. The van der Waals surface area contributed by atoms with E-state index in [9.17, 15) is 13.2 Å². The van der Waals surface area contributed by atoms with Crippen LogP contribution in [0.3, 0.4) is 0 Å². The van der Waals surface area contributed by atoms with Gasteiger partial charge in [0.05, 0.1) is 16.6 Å². The van der Waals surface area contributed by atoms with Crippen molar-refractivity contribution in [2.45, 2.75) is 17.2 Å². The number of fused-ring (bicyclic) bond motifs is 1. The summed E-state index contributed by atoms with van der Waals surface area (Å²) >= 11 is 0. The second-order valence-corrected chi connectivity index (χ2v) is 8.93. The van der Waals surface area contributed by atoms with Gasteiger partial charge in [0.25, 0.3) is 0 Å². The van der Waals surface area contributed by atoms with E-state index in [1.807, 2.05) is 22.7 Å². The predicted molar refractivity (Wildman–Crippen MR) is 97.9 cm³/mol. The third kappa shape index (κ3) is 2.88. The van der Waals surface area contributed by atoms with Crippen LogP contribution < -0.4 is 4.90 Å². The molecule has 1 aromatic heterocycles. The molecule has 1 aromatic carbocycles. The number of sulfone groups is 1. The Morgan fingerprint density at radius 1 is 1.15 bits per heavy atom. The van der Waals surface area contributed by atoms with Crippen LogP contribution in [0.5, 0.6) is 0 Å². The summed E-state index contributed by atoms with van der Waals surface area (Å²) in [7, 11) is -1.31. The summed E-state index contributed by atoms with van der Waals surface area (Å²) in [6, 6.07) is 6.91. The minimum Gasteiger partial charge on any atom is -0.339 e. The Morgan fingerprint density at radius 2 is 1.88 bits per heavy atom. The molecule has 1 atom stereocenters. The molecule has 2 aliphatic rings. The topological polar surface area (TPSA) is 75.5 Å². The minimum atomic E-state index is -3.27. The molecule has 1 unspecified atom stereocenters. The number of rotatable bonds is 2. The molecule has 1 saturated heterocycles. The Morgan fingerprint density at radius 3 is 2.58 bits per heavy atom. The Hall–Kier alpha value is -2.35. The maximum atomic E-state index is 13.1. The number of hydrogen-bond acceptors (Lipinski definition) is 5. The number of carbonyl (C=O) groups excluding carboxylic acids is 1. The number of piperazine rings is 1. The van der Waals surface area contributed by atoms with Gasteiger partial charge in [0.1, 0.15) is 0 Å². The summed E-state index contributed by atoms with van der Waals surface area (Å²) in [5.41, 5.74) is 0.648. The van der Waals surface area contributed by atoms with Gasteiger partial charge in [-0.1, -0.05) is 18.2 Å². The van der Waals surface area contributed by atoms with Gasteiger partial charge in [-0.15, -0.1) is 0 Å². The van der Waals surface area contributed by atoms with Crippen LogP contribution in [0.2, 0.25) is 0 Å². The largest absolute Gasteiger partial charge is 0.339 e. The van der Waals surface area contributed by atoms with Crippen molar-refractivity contribution in [1.29, 1.82) is 0 Å². The van der Waals surface area contributed by atoms with Crippen LogP contribution in [-0.2, 0) is 21.7 Å². The molecule has 26 heavy (non-hydrogen) atoms. The van der Waals surface area contributed by atoms with Gasteiger partial charge in [0, 0.05) is 45.6 Å². The Balaban J connectivity index is 1.50. The van der Waals surface area contributed by atoms with E-state index < -0.39 is 9.84 Å². The summed E-state index contributed by atoms with van der Waals surface area (Å²) in [5.74, 6) is 0.612. The third-order valence-electron chi connectivity index (χ3n) is 5.27. The van der Waals surface area contributed by atoms with Gasteiger partial charge in [-0.25, -0.2) is 13.4 Å². The summed E-state index contributed by atoms with van der Waals surface area (Å²) < 4.78 is 26.5. The number of amides is 1. The molecule has 1 fully saturated rings. The maximum absolute atomic E-state index is 13.1. The lowest BCUT2D eigenvalue weighted by Crippen LogP contribution is -2.51. The van der Waals surface area contributed by atoms with E-state index in [4.69, 9.17) is 0 Å². The van der Waals surface area contributed by atoms with Crippen molar-refractivity contribution in [2.24, 2.45) is 7.05 Å². The van der Waals surface area contributed by atoms with E-state index in [2.05, 4.69) is 9.88 Å². The first kappa shape index (κ1) is 17.1. The zero-order chi connectivity index (χ0) is 18.3. The van der Waals surface area contributed by atoms with E-state index >= 15 is 0 Å². The fourth-order valence-corrected chi connectivity index (χ4v) is 5.48. The molecule has 8 heteroatoms. The van der Waals surface area contributed by atoms with Crippen molar-refractivity contribution in [2.75, 3.05) is 36.8 Å². The lowest BCUT2D eigenvalue weighted by molar-refractivity contribution is -0.133. The molecule has 7 nitrogen and oxygen atoms in total. The van der Waals surface area contributed by atoms with E-state index in [0.717, 1.165) is 19.0 Å². The van der Waals surface area contributed by atoms with E-state index in [1.54, 1.807) is 30.5 Å². The fourth-order valence-electron chi connectivity index (χ4n) is 3.86. The highest BCUT2D eigenvalue weighted by Crippen LogP contribution is 2.35. The smallest absolute Gasteiger partial charge is 0.230 e. The Bertz CT molecular complexity index is 929. The molecule has 0 aliphatic carbocycles. The first-order valence-corrected chi connectivity index (χ1v) is 10.5. The highest BCUT2D eigenvalue weighted by Gasteiger charge is 2.36. The molecule has 0 spiro atoms. The number of hydrogen-bond donors (Lipinski definition) is 0. The molecule has 0 saturated carbocycles. The van der Waals surface area contributed by atoms with Gasteiger partial charge in [-0.05, 0) is 18.1 Å². The maximum Gasteiger partial charge on any atom is 0.230 e. The predicted octanol–water partition coefficient (Wildman–Crippen LogP) is 1.03. The third-order valence-corrected chi connectivity index (χ3v) is 7.09. The molecule has 3 heterocycles. The van der Waals surface area contributed by atoms with E-state index in [-0.39, 0.29) is 17.6 Å². The molecule has 1 amide bonds. The molecule has 138 valence electrons. The molecule has 2 aliphatic heterocycles. The standard InChI is InChI=1S/C18H22N4O3S/c1-20-8-7-19-18(20)22-11-9-21(10-12-22)17(23)15-6-13-26(24,25)16-5-3-2-4-14(15)16/h2-5,7-8,15H,6,9-13H2,1H3. The van der Waals surface area contributed by atoms with E-state index in [1.165, 1.54) is 0 Å². The molecule has 4 rings (SSSR count). The van der Waals surface area contributed by atoms with Crippen LogP contribution in [0.4, 0.5) is 5.95 Å². The molecular weight excluding hydrogens is 352 g/mol. The molecule has 0 N–H and O–H groups in total. The second kappa shape index (κ2) is 6.42. The summed E-state index contributed by atoms with van der Waals surface area (Å²) in [5, 5.41) is 0. The van der Waals surface area contributed by atoms with Gasteiger partial charge < -0.3 is 14.4 Å². The van der Waals surface area contributed by atoms with Crippen molar-refractivity contribution in [3.63, 3.8) is 0 Å². The Labute approximate surface area is 153 Å². The number of aryl methyl sites for hydroxylation is 1. The SMILES string of the molecule is Cn1ccnc1N1CCN(C(=O)C2CCS(=O)(=O)c3ccccc32)CC1. The average molecular weight is 374 g/mol. The van der Waals surface area contributed by atoms with Crippen molar-refractivity contribution < 1.29 is 13.2 Å². The van der Waals surface area contributed by atoms with E-state index in [0.29, 0.717) is 30.0 Å². The Kier molecular flexibility index (Phi) is 4.22. The fraction of sp³-hybridized carbons (Fsp3) is 0.444. The van der Waals surface area contributed by atoms with Crippen molar-refractivity contribution >= 4 is 21.7 Å². The van der Waals surface area contributed by atoms with Gasteiger partial charge >= 0.3 is 0 Å². The lowest BCUT2D eigenvalue weighted by atomic mass is 9.94. The zero-order valence-corrected chi connectivity index (χ0v) is 15.5. The monoisotopic (exact) mass is 374 g/mol. The van der Waals surface area contributed by atoms with Gasteiger partial charge in [-0.2, -0.15) is 0 Å². The summed E-state index contributed by atoms with van der Waals surface area (Å²) in [6.45, 7) is 2.70. The van der Waals surface area contributed by atoms with Gasteiger partial charge in [0.2, 0.25) is 11.9 Å². The number of nitrogens with zero attached hydrogens (tertiary/aromatic N) is 4. The van der Waals surface area contributed by atoms with Gasteiger partial charge in [-0.3, -0.25) is 4.79 Å². The number of anilines is 1. The van der Waals surface area contributed by atoms with Crippen LogP contribution in [0.1, 0.15) is 17.9 Å². The second-order valence-electron chi connectivity index (χ2n) is 6.85. The number of aromatic nitrogens is 2. The highest BCUT2D eigenvalue weighted by molar-refractivity contribution is 7.91. The normalized spacial score (nSPS) is 22.1. The quantitative estimate of drug-likeness (QED) is 0.785. The first-order valence-electron chi connectivity index (χ1n) is 8.80. The average Bonchev–Trinajstić information content (AvgIpc) is 3.08. The number of benzene rings is 1. The van der Waals surface area contributed by atoms with Crippen LogP contribution in [0.25, 0.3) is 0 Å². The van der Waals surface area contributed by atoms with Crippen LogP contribution >= 0.6 is 0 Å². The van der Waals surface area contributed by atoms with Crippen molar-refractivity contribution in [1.82, 2.24) is 14.5 Å². The summed E-state index contributed by atoms with van der Waals surface area (Å²) in [4.78, 5) is 21.8. The molecule has 2 aromatic rings. The van der Waals surface area contributed by atoms with Crippen molar-refractivity contribution in [3.8, 4) is 0 Å². The van der Waals surface area contributed by atoms with Crippen LogP contribution in [0.15, 0.2) is 41.6 Å². The van der Waals surface area contributed by atoms with Crippen LogP contribution in [0, 0.1) is 0 Å². The molecular formula is C18H22N4O3S. The number of imidazole rings is 1. The first-order chi connectivity index (χ1) is 12.5. The molecule has 0 bridgehead atoms. The minimum absolute atomic E-state index is 0.0341. The lowest BCUT2D eigenvalue weighted by Gasteiger charge is -2.37. The number of carbonyl (C=O) groups is 1. The van der Waals surface area contributed by atoms with Gasteiger partial charge in [0.15, 0.2) is 9.84 Å². The molecule has 0 radical (unpaired) electrons. The van der Waals surface area contributed by atoms with Crippen molar-refractivity contribution in [3.05, 3.63) is 42.2 Å². The van der Waals surface area contributed by atoms with Crippen LogP contribution in [-0.4, -0.2) is 60.7 Å². The highest BCUT2D eigenvalue weighted by atomic mass is 32.2.